The van der Waals surface area contributed by atoms with Crippen LogP contribution in [0.4, 0.5) is 30.7 Å². The fourth-order valence-electron chi connectivity index (χ4n) is 1.04. The lowest BCUT2D eigenvalue weighted by Crippen LogP contribution is -2.55. The van der Waals surface area contributed by atoms with Gasteiger partial charge in [-0.3, -0.25) is 4.79 Å². The Morgan fingerprint density at radius 1 is 1.15 bits per heavy atom. The number of ketones is 1. The fourth-order valence-corrected chi connectivity index (χ4v) is 1.68. The zero-order chi connectivity index (χ0) is 15.8. The van der Waals surface area contributed by atoms with Crippen molar-refractivity contribution in [3.8, 4) is 0 Å². The van der Waals surface area contributed by atoms with Crippen molar-refractivity contribution in [1.29, 1.82) is 0 Å². The Balaban J connectivity index is 3.11. The van der Waals surface area contributed by atoms with Crippen LogP contribution in [0.3, 0.4) is 0 Å². The number of aliphatic hydroxyl groups is 1. The highest BCUT2D eigenvalue weighted by Crippen LogP contribution is 2.47. The monoisotopic (exact) mass is 322 g/mol. The predicted octanol–water partition coefficient (Wildman–Crippen LogP) is 4.05. The van der Waals surface area contributed by atoms with Crippen LogP contribution in [-0.2, 0) is 4.79 Å². The molecule has 0 atom stereocenters. The Kier molecular flexibility index (Phi) is 4.18. The van der Waals surface area contributed by atoms with Gasteiger partial charge in [-0.25, -0.2) is 0 Å². The molecule has 0 aliphatic carbocycles. The van der Waals surface area contributed by atoms with Gasteiger partial charge in [-0.1, -0.05) is 6.07 Å². The molecule has 0 spiro atoms. The molecule has 1 aromatic rings. The van der Waals surface area contributed by atoms with Gasteiger partial charge in [-0.2, -0.15) is 30.7 Å². The Labute approximate surface area is 111 Å². The maximum atomic E-state index is 12.9. The number of rotatable bonds is 4. The molecule has 1 rings (SSSR count). The van der Waals surface area contributed by atoms with Gasteiger partial charge in [0.15, 0.2) is 0 Å². The van der Waals surface area contributed by atoms with Gasteiger partial charge in [-0.05, 0) is 11.4 Å². The number of alkyl halides is 7. The molecule has 1 aromatic heterocycles. The minimum absolute atomic E-state index is 0.135. The molecule has 0 aliphatic heterocycles. The van der Waals surface area contributed by atoms with Gasteiger partial charge in [0.1, 0.15) is 5.76 Å². The topological polar surface area (TPSA) is 37.3 Å². The third-order valence-corrected chi connectivity index (χ3v) is 2.99. The maximum Gasteiger partial charge on any atom is 0.460 e. The summed E-state index contributed by atoms with van der Waals surface area (Å²) in [5, 5.41) is 10.6. The molecule has 0 aromatic carbocycles. The van der Waals surface area contributed by atoms with Crippen LogP contribution in [0.25, 0.3) is 5.76 Å². The number of thiophene rings is 1. The second-order valence-electron chi connectivity index (χ2n) is 3.52. The van der Waals surface area contributed by atoms with Crippen molar-refractivity contribution in [3.05, 3.63) is 28.5 Å². The molecule has 0 saturated heterocycles. The highest BCUT2D eigenvalue weighted by molar-refractivity contribution is 7.11. The SMILES string of the molecule is O=C(/C=C(\O)c1cccs1)C(F)(F)C(F)(F)C(F)(F)F. The standard InChI is InChI=1S/C10H5F7O2S/c11-8(12,9(13,14)10(15,16)17)7(19)4-5(18)6-2-1-3-20-6/h1-4,18H/b5-4-. The van der Waals surface area contributed by atoms with E-state index in [0.717, 1.165) is 17.4 Å². The molecule has 0 saturated carbocycles. The van der Waals surface area contributed by atoms with Crippen molar-refractivity contribution in [1.82, 2.24) is 0 Å². The van der Waals surface area contributed by atoms with E-state index in [1.807, 2.05) is 0 Å². The van der Waals surface area contributed by atoms with Crippen LogP contribution in [0.1, 0.15) is 4.88 Å². The minimum Gasteiger partial charge on any atom is -0.506 e. The smallest absolute Gasteiger partial charge is 0.460 e. The summed E-state index contributed by atoms with van der Waals surface area (Å²) >= 11 is 0.772. The largest absolute Gasteiger partial charge is 0.506 e. The molecule has 2 nitrogen and oxygen atoms in total. The van der Waals surface area contributed by atoms with Crippen LogP contribution >= 0.6 is 11.3 Å². The number of hydrogen-bond acceptors (Lipinski definition) is 3. The molecular weight excluding hydrogens is 317 g/mol. The number of carbonyl (C=O) groups is 1. The summed E-state index contributed by atoms with van der Waals surface area (Å²) in [5.41, 5.74) is 0. The number of carbonyl (C=O) groups excluding carboxylic acids is 1. The lowest BCUT2D eigenvalue weighted by Gasteiger charge is -2.26. The van der Waals surface area contributed by atoms with E-state index >= 15 is 0 Å². The summed E-state index contributed by atoms with van der Waals surface area (Å²) in [6, 6.07) is 2.50. The van der Waals surface area contributed by atoms with E-state index < -0.39 is 29.6 Å². The van der Waals surface area contributed by atoms with Gasteiger partial charge >= 0.3 is 18.0 Å². The Bertz CT molecular complexity index is 516. The molecule has 1 N–H and O–H groups in total. The molecule has 0 radical (unpaired) electrons. The molecule has 0 unspecified atom stereocenters. The van der Waals surface area contributed by atoms with E-state index in [9.17, 15) is 40.6 Å². The normalized spacial score (nSPS) is 14.4. The van der Waals surface area contributed by atoms with Crippen LogP contribution in [0.2, 0.25) is 0 Å². The first-order valence-corrected chi connectivity index (χ1v) is 5.60. The van der Waals surface area contributed by atoms with Crippen molar-refractivity contribution in [2.24, 2.45) is 0 Å². The van der Waals surface area contributed by atoms with Crippen LogP contribution in [0.15, 0.2) is 23.6 Å². The molecule has 0 amide bonds. The Morgan fingerprint density at radius 3 is 2.10 bits per heavy atom. The van der Waals surface area contributed by atoms with Crippen LogP contribution in [0, 0.1) is 0 Å². The number of halogens is 7. The van der Waals surface area contributed by atoms with Crippen molar-refractivity contribution in [2.75, 3.05) is 0 Å². The Hall–Kier alpha value is -1.58. The first-order chi connectivity index (χ1) is 8.91. The van der Waals surface area contributed by atoms with E-state index in [0.29, 0.717) is 0 Å². The zero-order valence-corrected chi connectivity index (χ0v) is 10.0. The molecule has 20 heavy (non-hydrogen) atoms. The zero-order valence-electron chi connectivity index (χ0n) is 9.22. The van der Waals surface area contributed by atoms with Gasteiger partial charge < -0.3 is 5.11 Å². The third kappa shape index (κ3) is 2.79. The van der Waals surface area contributed by atoms with Crippen molar-refractivity contribution >= 4 is 22.9 Å². The highest BCUT2D eigenvalue weighted by atomic mass is 32.1. The van der Waals surface area contributed by atoms with Gasteiger partial charge in [0.05, 0.1) is 4.88 Å². The van der Waals surface area contributed by atoms with E-state index in [1.54, 1.807) is 0 Å². The maximum absolute atomic E-state index is 12.9. The predicted molar refractivity (Wildman–Crippen MR) is 55.9 cm³/mol. The first-order valence-electron chi connectivity index (χ1n) is 4.72. The van der Waals surface area contributed by atoms with Crippen LogP contribution in [0.5, 0.6) is 0 Å². The molecule has 112 valence electrons. The van der Waals surface area contributed by atoms with Crippen molar-refractivity contribution in [3.63, 3.8) is 0 Å². The second-order valence-corrected chi connectivity index (χ2v) is 4.47. The summed E-state index contributed by atoms with van der Waals surface area (Å²) in [4.78, 5) is 10.8. The average molecular weight is 322 g/mol. The Morgan fingerprint density at radius 2 is 1.70 bits per heavy atom. The first kappa shape index (κ1) is 16.5. The number of allylic oxidation sites excluding steroid dienone is 1. The number of hydrogen-bond donors (Lipinski definition) is 1. The van der Waals surface area contributed by atoms with E-state index in [-0.39, 0.29) is 11.0 Å². The summed E-state index contributed by atoms with van der Waals surface area (Å²) in [7, 11) is 0. The van der Waals surface area contributed by atoms with Gasteiger partial charge in [0, 0.05) is 6.08 Å². The van der Waals surface area contributed by atoms with Crippen LogP contribution < -0.4 is 0 Å². The summed E-state index contributed by atoms with van der Waals surface area (Å²) in [5.74, 6) is -16.5. The average Bonchev–Trinajstić information content (AvgIpc) is 2.80. The lowest BCUT2D eigenvalue weighted by atomic mass is 10.1. The highest BCUT2D eigenvalue weighted by Gasteiger charge is 2.75. The lowest BCUT2D eigenvalue weighted by molar-refractivity contribution is -0.342. The number of aliphatic hydroxyl groups excluding tert-OH is 1. The molecule has 0 fully saturated rings. The van der Waals surface area contributed by atoms with Crippen molar-refractivity contribution in [2.45, 2.75) is 18.0 Å². The quantitative estimate of drug-likeness (QED) is 0.516. The molecule has 1 heterocycles. The van der Waals surface area contributed by atoms with E-state index in [2.05, 4.69) is 0 Å². The van der Waals surface area contributed by atoms with Gasteiger partial charge in [0.25, 0.3) is 0 Å². The van der Waals surface area contributed by atoms with E-state index in [4.69, 9.17) is 0 Å². The molecular formula is C10H5F7O2S. The minimum atomic E-state index is -6.60. The summed E-state index contributed by atoms with van der Waals surface area (Å²) < 4.78 is 86.4. The van der Waals surface area contributed by atoms with Crippen molar-refractivity contribution < 1.29 is 40.6 Å². The summed E-state index contributed by atoms with van der Waals surface area (Å²) in [6.07, 6.45) is -6.95. The second kappa shape index (κ2) is 5.08. The van der Waals surface area contributed by atoms with Gasteiger partial charge in [-0.15, -0.1) is 11.3 Å². The van der Waals surface area contributed by atoms with E-state index in [1.165, 1.54) is 11.4 Å². The van der Waals surface area contributed by atoms with Crippen LogP contribution in [-0.4, -0.2) is 28.9 Å². The van der Waals surface area contributed by atoms with Gasteiger partial charge in [0.2, 0.25) is 5.78 Å². The summed E-state index contributed by atoms with van der Waals surface area (Å²) in [6.45, 7) is 0. The molecule has 0 aliphatic rings. The fraction of sp³-hybridized carbons (Fsp3) is 0.300. The molecule has 10 heteroatoms. The molecule has 0 bridgehead atoms. The third-order valence-electron chi connectivity index (χ3n) is 2.10.